The number of aromatic amines is 1. The molecule has 0 fully saturated rings. The van der Waals surface area contributed by atoms with Crippen molar-refractivity contribution in [1.29, 1.82) is 0 Å². The molecule has 6 heteroatoms. The zero-order valence-electron chi connectivity index (χ0n) is 16.1. The van der Waals surface area contributed by atoms with E-state index in [1.807, 2.05) is 30.5 Å². The molecule has 1 unspecified atom stereocenters. The molecular formula is C21H27N3O2S. The number of nitrogens with one attached hydrogen (secondary N) is 2. The highest BCUT2D eigenvalue weighted by molar-refractivity contribution is 7.88. The minimum Gasteiger partial charge on any atom is -0.361 e. The summed E-state index contributed by atoms with van der Waals surface area (Å²) in [6.45, 7) is 3.13. The molecule has 0 saturated carbocycles. The largest absolute Gasteiger partial charge is 0.361 e. The normalized spacial score (nSPS) is 13.3. The van der Waals surface area contributed by atoms with E-state index in [4.69, 9.17) is 0 Å². The molecule has 27 heavy (non-hydrogen) atoms. The van der Waals surface area contributed by atoms with E-state index in [-0.39, 0.29) is 5.75 Å². The second-order valence-corrected chi connectivity index (χ2v) is 8.90. The maximum Gasteiger partial charge on any atom is 0.215 e. The van der Waals surface area contributed by atoms with Gasteiger partial charge < -0.3 is 4.98 Å². The Morgan fingerprint density at radius 3 is 2.59 bits per heavy atom. The van der Waals surface area contributed by atoms with Crippen LogP contribution in [0.4, 0.5) is 0 Å². The average Bonchev–Trinajstić information content (AvgIpc) is 3.08. The lowest BCUT2D eigenvalue weighted by Gasteiger charge is -2.25. The number of nitrogens with zero attached hydrogens (tertiary/aromatic N) is 1. The Morgan fingerprint density at radius 1 is 1.15 bits per heavy atom. The monoisotopic (exact) mass is 385 g/mol. The standard InChI is InChI=1S/C21H27N3O2S/c1-16(18-7-5-4-6-8-18)24(3)12-11-19-14-23-21-10-9-17(13-20(19)21)15-27(25,26)22-2/h4-10,13-14,16,22-23H,11-12,15H2,1-3H3. The summed E-state index contributed by atoms with van der Waals surface area (Å²) in [4.78, 5) is 5.63. The fourth-order valence-corrected chi connectivity index (χ4v) is 4.05. The summed E-state index contributed by atoms with van der Waals surface area (Å²) < 4.78 is 26.0. The van der Waals surface area contributed by atoms with Crippen molar-refractivity contribution in [2.45, 2.75) is 25.1 Å². The quantitative estimate of drug-likeness (QED) is 0.624. The van der Waals surface area contributed by atoms with E-state index < -0.39 is 10.0 Å². The molecule has 0 aliphatic rings. The van der Waals surface area contributed by atoms with E-state index in [1.54, 1.807) is 0 Å². The van der Waals surface area contributed by atoms with Gasteiger partial charge in [0.2, 0.25) is 10.0 Å². The van der Waals surface area contributed by atoms with Crippen molar-refractivity contribution >= 4 is 20.9 Å². The van der Waals surface area contributed by atoms with Crippen LogP contribution in [0.3, 0.4) is 0 Å². The van der Waals surface area contributed by atoms with Gasteiger partial charge in [0.05, 0.1) is 5.75 Å². The SMILES string of the molecule is CNS(=O)(=O)Cc1ccc2[nH]cc(CCN(C)C(C)c3ccccc3)c2c1. The molecule has 0 bridgehead atoms. The van der Waals surface area contributed by atoms with Gasteiger partial charge in [0, 0.05) is 29.7 Å². The van der Waals surface area contributed by atoms with Crippen LogP contribution in [0.5, 0.6) is 0 Å². The Morgan fingerprint density at radius 2 is 1.89 bits per heavy atom. The second-order valence-electron chi connectivity index (χ2n) is 6.97. The van der Waals surface area contributed by atoms with Crippen LogP contribution in [-0.2, 0) is 22.2 Å². The van der Waals surface area contributed by atoms with Gasteiger partial charge in [0.15, 0.2) is 0 Å². The zero-order chi connectivity index (χ0) is 19.4. The van der Waals surface area contributed by atoms with Gasteiger partial charge in [-0.15, -0.1) is 0 Å². The number of hydrogen-bond donors (Lipinski definition) is 2. The Bertz CT molecular complexity index is 997. The van der Waals surface area contributed by atoms with Gasteiger partial charge in [-0.1, -0.05) is 36.4 Å². The van der Waals surface area contributed by atoms with Gasteiger partial charge in [-0.05, 0) is 56.3 Å². The molecule has 1 heterocycles. The Kier molecular flexibility index (Phi) is 5.99. The lowest BCUT2D eigenvalue weighted by molar-refractivity contribution is 0.265. The third kappa shape index (κ3) is 4.77. The number of benzene rings is 2. The highest BCUT2D eigenvalue weighted by Crippen LogP contribution is 2.23. The molecule has 2 N–H and O–H groups in total. The van der Waals surface area contributed by atoms with Gasteiger partial charge in [-0.25, -0.2) is 13.1 Å². The maximum absolute atomic E-state index is 11.8. The third-order valence-electron chi connectivity index (χ3n) is 5.18. The molecule has 3 aromatic rings. The molecular weight excluding hydrogens is 358 g/mol. The number of rotatable bonds is 8. The highest BCUT2D eigenvalue weighted by Gasteiger charge is 2.14. The average molecular weight is 386 g/mol. The second kappa shape index (κ2) is 8.25. The van der Waals surface area contributed by atoms with Crippen LogP contribution in [0.25, 0.3) is 10.9 Å². The van der Waals surface area contributed by atoms with Gasteiger partial charge in [-0.3, -0.25) is 4.90 Å². The van der Waals surface area contributed by atoms with Gasteiger partial charge in [0.25, 0.3) is 0 Å². The van der Waals surface area contributed by atoms with E-state index in [2.05, 4.69) is 52.8 Å². The first-order valence-electron chi connectivity index (χ1n) is 9.15. The molecule has 0 spiro atoms. The number of likely N-dealkylation sites (N-methyl/N-ethyl adjacent to an activating group) is 1. The molecule has 1 atom stereocenters. The van der Waals surface area contributed by atoms with Crippen molar-refractivity contribution < 1.29 is 8.42 Å². The van der Waals surface area contributed by atoms with Crippen LogP contribution < -0.4 is 4.72 Å². The van der Waals surface area contributed by atoms with E-state index >= 15 is 0 Å². The van der Waals surface area contributed by atoms with Crippen molar-refractivity contribution in [3.05, 3.63) is 71.4 Å². The number of H-pyrrole nitrogens is 1. The van der Waals surface area contributed by atoms with Crippen molar-refractivity contribution in [3.8, 4) is 0 Å². The molecule has 0 aliphatic carbocycles. The third-order valence-corrected chi connectivity index (χ3v) is 6.51. The molecule has 1 aromatic heterocycles. The van der Waals surface area contributed by atoms with Crippen LogP contribution in [0.15, 0.2) is 54.7 Å². The topological polar surface area (TPSA) is 65.2 Å². The van der Waals surface area contributed by atoms with E-state index in [9.17, 15) is 8.42 Å². The molecule has 0 amide bonds. The lowest BCUT2D eigenvalue weighted by atomic mass is 10.1. The lowest BCUT2D eigenvalue weighted by Crippen LogP contribution is -2.24. The predicted molar refractivity (Wildman–Crippen MR) is 111 cm³/mol. The van der Waals surface area contributed by atoms with Gasteiger partial charge in [0.1, 0.15) is 0 Å². The van der Waals surface area contributed by atoms with Crippen LogP contribution in [0, 0.1) is 0 Å². The molecule has 2 aromatic carbocycles. The van der Waals surface area contributed by atoms with E-state index in [1.165, 1.54) is 18.2 Å². The van der Waals surface area contributed by atoms with E-state index in [0.29, 0.717) is 6.04 Å². The Balaban J connectivity index is 1.73. The summed E-state index contributed by atoms with van der Waals surface area (Å²) in [5.41, 5.74) is 4.34. The van der Waals surface area contributed by atoms with Gasteiger partial charge in [-0.2, -0.15) is 0 Å². The molecule has 0 radical (unpaired) electrons. The van der Waals surface area contributed by atoms with Crippen molar-refractivity contribution in [2.75, 3.05) is 20.6 Å². The Labute approximate surface area is 161 Å². The van der Waals surface area contributed by atoms with Crippen LogP contribution in [-0.4, -0.2) is 38.9 Å². The van der Waals surface area contributed by atoms with Gasteiger partial charge >= 0.3 is 0 Å². The summed E-state index contributed by atoms with van der Waals surface area (Å²) in [6.07, 6.45) is 2.93. The fraction of sp³-hybridized carbons (Fsp3) is 0.333. The molecule has 0 aliphatic heterocycles. The number of fused-ring (bicyclic) bond motifs is 1. The minimum absolute atomic E-state index is 0.00496. The number of hydrogen-bond acceptors (Lipinski definition) is 3. The zero-order valence-corrected chi connectivity index (χ0v) is 16.9. The first kappa shape index (κ1) is 19.6. The summed E-state index contributed by atoms with van der Waals surface area (Å²) in [5.74, 6) is -0.00496. The summed E-state index contributed by atoms with van der Waals surface area (Å²) in [5, 5.41) is 1.10. The smallest absolute Gasteiger partial charge is 0.215 e. The van der Waals surface area contributed by atoms with Crippen molar-refractivity contribution in [3.63, 3.8) is 0 Å². The molecule has 3 rings (SSSR count). The Hall–Kier alpha value is -2.15. The highest BCUT2D eigenvalue weighted by atomic mass is 32.2. The first-order chi connectivity index (χ1) is 12.9. The van der Waals surface area contributed by atoms with Crippen LogP contribution in [0.1, 0.15) is 29.7 Å². The molecule has 5 nitrogen and oxygen atoms in total. The minimum atomic E-state index is -3.27. The molecule has 0 saturated heterocycles. The van der Waals surface area contributed by atoms with Crippen molar-refractivity contribution in [2.24, 2.45) is 0 Å². The first-order valence-corrected chi connectivity index (χ1v) is 10.8. The summed E-state index contributed by atoms with van der Waals surface area (Å²) in [6, 6.07) is 16.6. The van der Waals surface area contributed by atoms with Crippen LogP contribution in [0.2, 0.25) is 0 Å². The molecule has 144 valence electrons. The summed E-state index contributed by atoms with van der Waals surface area (Å²) in [7, 11) is 0.307. The number of aromatic nitrogens is 1. The summed E-state index contributed by atoms with van der Waals surface area (Å²) >= 11 is 0. The fourth-order valence-electron chi connectivity index (χ4n) is 3.29. The van der Waals surface area contributed by atoms with E-state index in [0.717, 1.165) is 29.4 Å². The predicted octanol–water partition coefficient (Wildman–Crippen LogP) is 3.45. The maximum atomic E-state index is 11.8. The van der Waals surface area contributed by atoms with Crippen molar-refractivity contribution in [1.82, 2.24) is 14.6 Å². The number of sulfonamides is 1. The van der Waals surface area contributed by atoms with Crippen LogP contribution >= 0.6 is 0 Å².